The predicted octanol–water partition coefficient (Wildman–Crippen LogP) is 2.40. The lowest BCUT2D eigenvalue weighted by atomic mass is 10.0. The molecule has 0 fully saturated rings. The summed E-state index contributed by atoms with van der Waals surface area (Å²) in [5.74, 6) is -0.0842. The molecule has 7 nitrogen and oxygen atoms in total. The number of nitrogens with zero attached hydrogens (tertiary/aromatic N) is 3. The van der Waals surface area contributed by atoms with Gasteiger partial charge in [0.2, 0.25) is 16.0 Å². The van der Waals surface area contributed by atoms with Crippen molar-refractivity contribution in [2.75, 3.05) is 12.8 Å². The van der Waals surface area contributed by atoms with Gasteiger partial charge in [-0.25, -0.2) is 17.7 Å². The number of H-pyrrole nitrogens is 1. The lowest BCUT2D eigenvalue weighted by Crippen LogP contribution is -2.50. The number of aryl methyl sites for hydroxylation is 1. The number of guanidine groups is 1. The van der Waals surface area contributed by atoms with Crippen LogP contribution in [0.15, 0.2) is 35.6 Å². The Morgan fingerprint density at radius 1 is 1.38 bits per heavy atom. The summed E-state index contributed by atoms with van der Waals surface area (Å²) in [6, 6.07) is 6.07. The van der Waals surface area contributed by atoms with Crippen LogP contribution in [0.4, 0.5) is 0 Å². The predicted molar refractivity (Wildman–Crippen MR) is 105 cm³/mol. The Hall–Kier alpha value is -2.39. The number of aromatic nitrogens is 2. The molecule has 1 atom stereocenters. The van der Waals surface area contributed by atoms with E-state index in [0.29, 0.717) is 0 Å². The van der Waals surface area contributed by atoms with Crippen molar-refractivity contribution in [3.8, 4) is 10.6 Å². The van der Waals surface area contributed by atoms with Crippen LogP contribution in [-0.4, -0.2) is 41.5 Å². The molecule has 4 rings (SSSR count). The molecule has 9 heteroatoms. The second kappa shape index (κ2) is 5.55. The van der Waals surface area contributed by atoms with Crippen molar-refractivity contribution in [1.29, 1.82) is 0 Å². The molecular formula is C17H19N5O2S2. The number of hydrogen-bond acceptors (Lipinski definition) is 6. The summed E-state index contributed by atoms with van der Waals surface area (Å²) in [5, 5.41) is 1.08. The fraction of sp³-hybridized carbons (Fsp3) is 0.294. The molecular weight excluding hydrogens is 370 g/mol. The molecule has 26 heavy (non-hydrogen) atoms. The van der Waals surface area contributed by atoms with Gasteiger partial charge in [-0.1, -0.05) is 0 Å². The van der Waals surface area contributed by atoms with Gasteiger partial charge in [-0.3, -0.25) is 4.98 Å². The first-order chi connectivity index (χ1) is 12.2. The highest BCUT2D eigenvalue weighted by atomic mass is 32.2. The molecule has 0 bridgehead atoms. The molecule has 3 N–H and O–H groups in total. The maximum absolute atomic E-state index is 12.4. The average molecular weight is 390 g/mol. The summed E-state index contributed by atoms with van der Waals surface area (Å²) in [5.41, 5.74) is 7.92. The van der Waals surface area contributed by atoms with Gasteiger partial charge in [0.25, 0.3) is 0 Å². The zero-order chi connectivity index (χ0) is 18.7. The van der Waals surface area contributed by atoms with E-state index in [1.165, 1.54) is 18.4 Å². The fourth-order valence-corrected chi connectivity index (χ4v) is 6.08. The molecule has 3 aromatic rings. The van der Waals surface area contributed by atoms with E-state index in [2.05, 4.69) is 27.1 Å². The minimum Gasteiger partial charge on any atom is -0.369 e. The molecule has 0 unspecified atom stereocenters. The topological polar surface area (TPSA) is 104 Å². The second-order valence-electron chi connectivity index (χ2n) is 6.74. The van der Waals surface area contributed by atoms with E-state index in [4.69, 9.17) is 5.73 Å². The molecule has 1 aliphatic heterocycles. The third-order valence-electron chi connectivity index (χ3n) is 4.66. The molecule has 0 aromatic carbocycles. The van der Waals surface area contributed by atoms with Crippen molar-refractivity contribution >= 4 is 38.2 Å². The van der Waals surface area contributed by atoms with Crippen LogP contribution in [0.3, 0.4) is 0 Å². The van der Waals surface area contributed by atoms with Gasteiger partial charge in [0.05, 0.1) is 28.0 Å². The van der Waals surface area contributed by atoms with Crippen LogP contribution in [0.25, 0.3) is 21.5 Å². The molecule has 0 saturated heterocycles. The van der Waals surface area contributed by atoms with E-state index in [9.17, 15) is 8.42 Å². The second-order valence-corrected chi connectivity index (χ2v) is 9.79. The average Bonchev–Trinajstić information content (AvgIpc) is 3.15. The maximum atomic E-state index is 12.4. The fourth-order valence-electron chi connectivity index (χ4n) is 3.32. The number of nitrogens with two attached hydrogens (primary N) is 1. The Balaban J connectivity index is 1.82. The number of fused-ring (bicyclic) bond motifs is 1. The van der Waals surface area contributed by atoms with Crippen LogP contribution in [0.5, 0.6) is 0 Å². The maximum Gasteiger partial charge on any atom is 0.239 e. The van der Waals surface area contributed by atoms with E-state index < -0.39 is 15.6 Å². The zero-order valence-electron chi connectivity index (χ0n) is 14.6. The standard InChI is InChI=1S/C17H19N5O2S2/c1-10-6-14(12-7-11-4-5-19-8-13(11)20-12)25-15(10)17(2)9-26(23,24)22(3)16(18)21-17/h4-8,20H,9H2,1-3H3,(H2,18,21)/t17-/m0/s1. The largest absolute Gasteiger partial charge is 0.369 e. The van der Waals surface area contributed by atoms with Crippen molar-refractivity contribution in [1.82, 2.24) is 14.3 Å². The van der Waals surface area contributed by atoms with Crippen molar-refractivity contribution < 1.29 is 8.42 Å². The number of hydrogen-bond donors (Lipinski definition) is 2. The van der Waals surface area contributed by atoms with Crippen LogP contribution < -0.4 is 5.73 Å². The van der Waals surface area contributed by atoms with Crippen molar-refractivity contribution in [3.05, 3.63) is 41.0 Å². The minimum atomic E-state index is -3.49. The van der Waals surface area contributed by atoms with Crippen LogP contribution in [0.1, 0.15) is 17.4 Å². The van der Waals surface area contributed by atoms with Crippen molar-refractivity contribution in [3.63, 3.8) is 0 Å². The quantitative estimate of drug-likeness (QED) is 0.702. The van der Waals surface area contributed by atoms with Gasteiger partial charge in [-0.2, -0.15) is 0 Å². The highest BCUT2D eigenvalue weighted by molar-refractivity contribution is 7.89. The van der Waals surface area contributed by atoms with Gasteiger partial charge in [-0.15, -0.1) is 11.3 Å². The van der Waals surface area contributed by atoms with Gasteiger partial charge in [0.15, 0.2) is 0 Å². The molecule has 0 amide bonds. The smallest absolute Gasteiger partial charge is 0.239 e. The lowest BCUT2D eigenvalue weighted by Gasteiger charge is -2.34. The van der Waals surface area contributed by atoms with Crippen LogP contribution in [0, 0.1) is 6.92 Å². The zero-order valence-corrected chi connectivity index (χ0v) is 16.3. The molecule has 0 radical (unpaired) electrons. The number of thiophene rings is 1. The van der Waals surface area contributed by atoms with Gasteiger partial charge in [-0.05, 0) is 37.6 Å². The van der Waals surface area contributed by atoms with Crippen molar-refractivity contribution in [2.45, 2.75) is 19.4 Å². The van der Waals surface area contributed by atoms with Crippen LogP contribution in [0.2, 0.25) is 0 Å². The summed E-state index contributed by atoms with van der Waals surface area (Å²) in [7, 11) is -2.06. The van der Waals surface area contributed by atoms with Gasteiger partial charge < -0.3 is 10.7 Å². The highest BCUT2D eigenvalue weighted by Gasteiger charge is 2.42. The number of aromatic amines is 1. The monoisotopic (exact) mass is 389 g/mol. The molecule has 4 heterocycles. The number of nitrogens with one attached hydrogen (secondary N) is 1. The Morgan fingerprint density at radius 3 is 2.85 bits per heavy atom. The summed E-state index contributed by atoms with van der Waals surface area (Å²) in [6.07, 6.45) is 3.54. The number of aliphatic imine (C=N–C) groups is 1. The number of sulfonamides is 1. The molecule has 1 aliphatic rings. The van der Waals surface area contributed by atoms with E-state index >= 15 is 0 Å². The Kier molecular flexibility index (Phi) is 3.64. The molecule has 136 valence electrons. The SMILES string of the molecule is Cc1cc(-c2cc3ccncc3[nH]2)sc1[C@]1(C)CS(=O)(=O)N(C)C(N)=N1. The molecule has 0 spiro atoms. The minimum absolute atomic E-state index is 0.0183. The Morgan fingerprint density at radius 2 is 2.15 bits per heavy atom. The van der Waals surface area contributed by atoms with E-state index in [0.717, 1.165) is 36.2 Å². The molecule has 3 aromatic heterocycles. The van der Waals surface area contributed by atoms with Crippen LogP contribution in [-0.2, 0) is 15.6 Å². The first-order valence-corrected chi connectivity index (χ1v) is 10.5. The normalized spacial score (nSPS) is 22.6. The van der Waals surface area contributed by atoms with E-state index in [-0.39, 0.29) is 11.7 Å². The first-order valence-electron chi connectivity index (χ1n) is 8.05. The molecule has 0 aliphatic carbocycles. The van der Waals surface area contributed by atoms with Gasteiger partial charge in [0, 0.05) is 23.5 Å². The van der Waals surface area contributed by atoms with E-state index in [1.54, 1.807) is 12.4 Å². The van der Waals surface area contributed by atoms with Crippen LogP contribution >= 0.6 is 11.3 Å². The Labute approximate surface area is 155 Å². The van der Waals surface area contributed by atoms with E-state index in [1.807, 2.05) is 19.9 Å². The highest BCUT2D eigenvalue weighted by Crippen LogP contribution is 2.41. The van der Waals surface area contributed by atoms with Gasteiger partial charge >= 0.3 is 0 Å². The third-order valence-corrected chi connectivity index (χ3v) is 8.13. The summed E-state index contributed by atoms with van der Waals surface area (Å²) >= 11 is 1.54. The summed E-state index contributed by atoms with van der Waals surface area (Å²) in [6.45, 7) is 3.80. The number of rotatable bonds is 2. The summed E-state index contributed by atoms with van der Waals surface area (Å²) < 4.78 is 25.9. The van der Waals surface area contributed by atoms with Gasteiger partial charge in [0.1, 0.15) is 5.54 Å². The third kappa shape index (κ3) is 2.58. The molecule has 0 saturated carbocycles. The lowest BCUT2D eigenvalue weighted by molar-refractivity contribution is 0.481. The number of pyridine rings is 1. The first kappa shape index (κ1) is 17.0. The summed E-state index contributed by atoms with van der Waals surface area (Å²) in [4.78, 5) is 13.9. The Bertz CT molecular complexity index is 1110. The van der Waals surface area contributed by atoms with Crippen molar-refractivity contribution in [2.24, 2.45) is 10.7 Å².